The van der Waals surface area contributed by atoms with Gasteiger partial charge in [-0.1, -0.05) is 49.4 Å². The normalized spacial score (nSPS) is 11.2. The molecule has 0 amide bonds. The zero-order valence-electron chi connectivity index (χ0n) is 13.6. The Bertz CT molecular complexity index is 1100. The first-order valence-electron chi connectivity index (χ1n) is 8.28. The van der Waals surface area contributed by atoms with Crippen molar-refractivity contribution in [2.45, 2.75) is 19.8 Å². The van der Waals surface area contributed by atoms with Gasteiger partial charge in [0.1, 0.15) is 5.82 Å². The molecule has 1 aromatic heterocycles. The molecule has 24 heavy (non-hydrogen) atoms. The monoisotopic (exact) mass is 314 g/mol. The third-order valence-corrected chi connectivity index (χ3v) is 4.31. The van der Waals surface area contributed by atoms with Gasteiger partial charge in [0.25, 0.3) is 5.56 Å². The largest absolute Gasteiger partial charge is 0.268 e. The standard InChI is InChI=1S/C21H18N2O/c1-2-7-20-22-19-11-6-5-10-18(19)21(24)23(20)17-13-12-15-8-3-4-9-16(15)14-17/h3-6,8-14H,2,7H2,1H3. The molecule has 0 bridgehead atoms. The Morgan fingerprint density at radius 1 is 0.917 bits per heavy atom. The van der Waals surface area contributed by atoms with E-state index in [1.54, 1.807) is 4.57 Å². The summed E-state index contributed by atoms with van der Waals surface area (Å²) < 4.78 is 1.76. The Morgan fingerprint density at radius 3 is 2.50 bits per heavy atom. The molecular weight excluding hydrogens is 296 g/mol. The fraction of sp³-hybridized carbons (Fsp3) is 0.143. The van der Waals surface area contributed by atoms with E-state index in [0.29, 0.717) is 5.39 Å². The minimum atomic E-state index is -0.000619. The van der Waals surface area contributed by atoms with Crippen LogP contribution in [0.15, 0.2) is 71.5 Å². The summed E-state index contributed by atoms with van der Waals surface area (Å²) in [5.74, 6) is 0.816. The summed E-state index contributed by atoms with van der Waals surface area (Å²) in [4.78, 5) is 17.8. The van der Waals surface area contributed by atoms with Crippen LogP contribution < -0.4 is 5.56 Å². The van der Waals surface area contributed by atoms with E-state index in [0.717, 1.165) is 35.3 Å². The quantitative estimate of drug-likeness (QED) is 0.558. The van der Waals surface area contributed by atoms with Crippen LogP contribution in [0, 0.1) is 0 Å². The van der Waals surface area contributed by atoms with E-state index < -0.39 is 0 Å². The van der Waals surface area contributed by atoms with Crippen LogP contribution in [-0.2, 0) is 6.42 Å². The van der Waals surface area contributed by atoms with Gasteiger partial charge in [0.2, 0.25) is 0 Å². The molecule has 4 rings (SSSR count). The van der Waals surface area contributed by atoms with Crippen LogP contribution in [0.5, 0.6) is 0 Å². The van der Waals surface area contributed by atoms with Gasteiger partial charge < -0.3 is 0 Å². The van der Waals surface area contributed by atoms with E-state index in [4.69, 9.17) is 4.98 Å². The molecule has 1 heterocycles. The molecule has 3 nitrogen and oxygen atoms in total. The second-order valence-corrected chi connectivity index (χ2v) is 5.97. The lowest BCUT2D eigenvalue weighted by atomic mass is 10.1. The van der Waals surface area contributed by atoms with Gasteiger partial charge in [0.15, 0.2) is 0 Å². The molecule has 4 aromatic rings. The second-order valence-electron chi connectivity index (χ2n) is 5.97. The Labute approximate surface area is 140 Å². The van der Waals surface area contributed by atoms with Gasteiger partial charge in [-0.05, 0) is 41.5 Å². The number of hydrogen-bond acceptors (Lipinski definition) is 2. The minimum absolute atomic E-state index is 0.000619. The third-order valence-electron chi connectivity index (χ3n) is 4.31. The topological polar surface area (TPSA) is 34.9 Å². The van der Waals surface area contributed by atoms with Gasteiger partial charge in [-0.2, -0.15) is 0 Å². The van der Waals surface area contributed by atoms with Gasteiger partial charge in [-0.25, -0.2) is 4.98 Å². The molecule has 118 valence electrons. The number of hydrogen-bond donors (Lipinski definition) is 0. The number of benzene rings is 3. The average molecular weight is 314 g/mol. The lowest BCUT2D eigenvalue weighted by molar-refractivity contribution is 0.775. The van der Waals surface area contributed by atoms with E-state index >= 15 is 0 Å². The van der Waals surface area contributed by atoms with Crippen molar-refractivity contribution in [2.75, 3.05) is 0 Å². The van der Waals surface area contributed by atoms with Crippen LogP contribution in [0.1, 0.15) is 19.2 Å². The molecule has 0 atom stereocenters. The number of para-hydroxylation sites is 1. The summed E-state index contributed by atoms with van der Waals surface area (Å²) in [5, 5.41) is 2.95. The van der Waals surface area contributed by atoms with E-state index in [2.05, 4.69) is 31.2 Å². The van der Waals surface area contributed by atoms with Crippen LogP contribution in [0.25, 0.3) is 27.4 Å². The summed E-state index contributed by atoms with van der Waals surface area (Å²) in [6, 6.07) is 21.9. The van der Waals surface area contributed by atoms with Gasteiger partial charge in [-0.15, -0.1) is 0 Å². The predicted molar refractivity (Wildman–Crippen MR) is 98.8 cm³/mol. The van der Waals surface area contributed by atoms with Crippen LogP contribution in [0.4, 0.5) is 0 Å². The highest BCUT2D eigenvalue weighted by molar-refractivity contribution is 5.84. The maximum atomic E-state index is 13.1. The van der Waals surface area contributed by atoms with Gasteiger partial charge in [0.05, 0.1) is 16.6 Å². The van der Waals surface area contributed by atoms with Crippen LogP contribution in [0.2, 0.25) is 0 Å². The first kappa shape index (κ1) is 14.6. The molecule has 3 aromatic carbocycles. The molecule has 0 saturated carbocycles. The van der Waals surface area contributed by atoms with Gasteiger partial charge in [0, 0.05) is 6.42 Å². The molecule has 0 radical (unpaired) electrons. The summed E-state index contributed by atoms with van der Waals surface area (Å²) in [6.07, 6.45) is 1.71. The molecule has 0 N–H and O–H groups in total. The summed E-state index contributed by atoms with van der Waals surface area (Å²) in [7, 11) is 0. The van der Waals surface area contributed by atoms with Crippen LogP contribution in [-0.4, -0.2) is 9.55 Å². The minimum Gasteiger partial charge on any atom is -0.268 e. The van der Waals surface area contributed by atoms with E-state index in [9.17, 15) is 4.79 Å². The van der Waals surface area contributed by atoms with E-state index in [1.165, 1.54) is 5.39 Å². The Hall–Kier alpha value is -2.94. The van der Waals surface area contributed by atoms with Crippen LogP contribution >= 0.6 is 0 Å². The summed E-state index contributed by atoms with van der Waals surface area (Å²) >= 11 is 0. The lowest BCUT2D eigenvalue weighted by Crippen LogP contribution is -2.23. The lowest BCUT2D eigenvalue weighted by Gasteiger charge is -2.14. The smallest absolute Gasteiger partial charge is 0.265 e. The molecule has 0 aliphatic carbocycles. The zero-order chi connectivity index (χ0) is 16.5. The SMILES string of the molecule is CCCc1nc2ccccc2c(=O)n1-c1ccc2ccccc2c1. The summed E-state index contributed by atoms with van der Waals surface area (Å²) in [5.41, 5.74) is 1.64. The molecule has 3 heteroatoms. The first-order chi connectivity index (χ1) is 11.8. The first-order valence-corrected chi connectivity index (χ1v) is 8.28. The van der Waals surface area contributed by atoms with Crippen molar-refractivity contribution in [3.8, 4) is 5.69 Å². The predicted octanol–water partition coefficient (Wildman–Crippen LogP) is 4.49. The summed E-state index contributed by atoms with van der Waals surface area (Å²) in [6.45, 7) is 2.10. The number of aromatic nitrogens is 2. The molecule has 0 aliphatic heterocycles. The van der Waals surface area contributed by atoms with Crippen molar-refractivity contribution < 1.29 is 0 Å². The maximum Gasteiger partial charge on any atom is 0.265 e. The molecule has 0 spiro atoms. The molecule has 0 aliphatic rings. The molecule has 0 unspecified atom stereocenters. The van der Waals surface area contributed by atoms with Crippen LogP contribution in [0.3, 0.4) is 0 Å². The van der Waals surface area contributed by atoms with Crippen molar-refractivity contribution in [3.05, 3.63) is 82.9 Å². The fourth-order valence-electron chi connectivity index (χ4n) is 3.15. The van der Waals surface area contributed by atoms with E-state index in [-0.39, 0.29) is 5.56 Å². The molecular formula is C21H18N2O. The molecule has 0 saturated heterocycles. The Morgan fingerprint density at radius 2 is 1.67 bits per heavy atom. The van der Waals surface area contributed by atoms with Gasteiger partial charge in [-0.3, -0.25) is 9.36 Å². The Balaban J connectivity index is 2.04. The highest BCUT2D eigenvalue weighted by atomic mass is 16.1. The number of rotatable bonds is 3. The van der Waals surface area contributed by atoms with E-state index in [1.807, 2.05) is 42.5 Å². The number of fused-ring (bicyclic) bond motifs is 2. The Kier molecular flexibility index (Phi) is 3.62. The van der Waals surface area contributed by atoms with Crippen molar-refractivity contribution in [1.29, 1.82) is 0 Å². The van der Waals surface area contributed by atoms with Crippen molar-refractivity contribution >= 4 is 21.7 Å². The highest BCUT2D eigenvalue weighted by Gasteiger charge is 2.12. The number of nitrogens with zero attached hydrogens (tertiary/aromatic N) is 2. The fourth-order valence-corrected chi connectivity index (χ4v) is 3.15. The highest BCUT2D eigenvalue weighted by Crippen LogP contribution is 2.20. The van der Waals surface area contributed by atoms with Crippen molar-refractivity contribution in [2.24, 2.45) is 0 Å². The third kappa shape index (κ3) is 2.38. The van der Waals surface area contributed by atoms with Crippen molar-refractivity contribution in [1.82, 2.24) is 9.55 Å². The number of aryl methyl sites for hydroxylation is 1. The van der Waals surface area contributed by atoms with Crippen molar-refractivity contribution in [3.63, 3.8) is 0 Å². The molecule has 0 fully saturated rings. The van der Waals surface area contributed by atoms with Gasteiger partial charge >= 0.3 is 0 Å². The average Bonchev–Trinajstić information content (AvgIpc) is 2.62. The zero-order valence-corrected chi connectivity index (χ0v) is 13.6. The maximum absolute atomic E-state index is 13.1. The second kappa shape index (κ2) is 5.93.